The van der Waals surface area contributed by atoms with E-state index in [1.165, 1.54) is 4.52 Å². The molecule has 2 aliphatic heterocycles. The molecule has 8 nitrogen and oxygen atoms in total. The molecule has 3 aromatic rings. The van der Waals surface area contributed by atoms with E-state index in [4.69, 9.17) is 4.98 Å². The van der Waals surface area contributed by atoms with Gasteiger partial charge in [-0.15, -0.1) is 0 Å². The summed E-state index contributed by atoms with van der Waals surface area (Å²) in [5, 5.41) is 3.23. The average molecular weight is 446 g/mol. The predicted molar refractivity (Wildman–Crippen MR) is 121 cm³/mol. The minimum absolute atomic E-state index is 0.0905. The number of hydrogen-bond acceptors (Lipinski definition) is 4. The summed E-state index contributed by atoms with van der Waals surface area (Å²) < 4.78 is 1.48. The van der Waals surface area contributed by atoms with E-state index in [-0.39, 0.29) is 29.3 Å². The van der Waals surface area contributed by atoms with Gasteiger partial charge in [-0.25, -0.2) is 9.50 Å². The normalized spacial score (nSPS) is 20.3. The lowest BCUT2D eigenvalue weighted by Crippen LogP contribution is -2.40. The number of aromatic nitrogens is 3. The van der Waals surface area contributed by atoms with Crippen molar-refractivity contribution in [1.82, 2.24) is 24.4 Å². The highest BCUT2D eigenvalue weighted by Crippen LogP contribution is 2.33. The molecule has 6 rings (SSSR count). The lowest BCUT2D eigenvalue weighted by atomic mass is 10.1. The lowest BCUT2D eigenvalue weighted by molar-refractivity contribution is -0.133. The van der Waals surface area contributed by atoms with Crippen LogP contribution in [0.5, 0.6) is 0 Å². The number of amides is 2. The third-order valence-corrected chi connectivity index (χ3v) is 7.15. The van der Waals surface area contributed by atoms with Gasteiger partial charge >= 0.3 is 0 Å². The van der Waals surface area contributed by atoms with E-state index < -0.39 is 0 Å². The fourth-order valence-corrected chi connectivity index (χ4v) is 5.21. The summed E-state index contributed by atoms with van der Waals surface area (Å²) in [4.78, 5) is 47.3. The zero-order valence-corrected chi connectivity index (χ0v) is 18.5. The number of aromatic amines is 1. The first kappa shape index (κ1) is 20.2. The number of benzene rings is 1. The Kier molecular flexibility index (Phi) is 4.81. The van der Waals surface area contributed by atoms with Crippen LogP contribution >= 0.6 is 0 Å². The molecule has 1 atom stereocenters. The van der Waals surface area contributed by atoms with Gasteiger partial charge in [0.2, 0.25) is 11.8 Å². The summed E-state index contributed by atoms with van der Waals surface area (Å²) >= 11 is 0. The van der Waals surface area contributed by atoms with Gasteiger partial charge in [0, 0.05) is 31.5 Å². The van der Waals surface area contributed by atoms with Crippen LogP contribution in [0.1, 0.15) is 54.2 Å². The molecule has 4 heterocycles. The Bertz CT molecular complexity index is 1290. The van der Waals surface area contributed by atoms with Crippen molar-refractivity contribution in [3.63, 3.8) is 0 Å². The first-order valence-corrected chi connectivity index (χ1v) is 11.8. The minimum Gasteiger partial charge on any atom is -0.337 e. The first-order chi connectivity index (χ1) is 16.1. The third kappa shape index (κ3) is 3.63. The van der Waals surface area contributed by atoms with Crippen molar-refractivity contribution in [3.05, 3.63) is 69.3 Å². The third-order valence-electron chi connectivity index (χ3n) is 7.15. The monoisotopic (exact) mass is 445 g/mol. The van der Waals surface area contributed by atoms with Crippen molar-refractivity contribution in [2.75, 3.05) is 13.1 Å². The number of carbonyl (C=O) groups excluding carboxylic acids is 2. The molecule has 8 heteroatoms. The molecule has 0 bridgehead atoms. The van der Waals surface area contributed by atoms with Crippen LogP contribution < -0.4 is 5.56 Å². The molecule has 1 saturated heterocycles. The number of rotatable bonds is 4. The summed E-state index contributed by atoms with van der Waals surface area (Å²) in [5.74, 6) is 0.400. The predicted octanol–water partition coefficient (Wildman–Crippen LogP) is 2.22. The van der Waals surface area contributed by atoms with Crippen molar-refractivity contribution in [2.45, 2.75) is 51.1 Å². The Balaban J connectivity index is 1.28. The molecule has 2 amide bonds. The van der Waals surface area contributed by atoms with Crippen LogP contribution in [0.2, 0.25) is 0 Å². The molecule has 170 valence electrons. The Morgan fingerprint density at radius 1 is 1.09 bits per heavy atom. The second-order valence-corrected chi connectivity index (χ2v) is 9.44. The van der Waals surface area contributed by atoms with Crippen LogP contribution in [0.15, 0.2) is 41.2 Å². The largest absolute Gasteiger partial charge is 0.337 e. The van der Waals surface area contributed by atoms with Gasteiger partial charge in [-0.05, 0) is 31.2 Å². The molecule has 1 aliphatic carbocycles. The minimum atomic E-state index is -0.144. The number of likely N-dealkylation sites (tertiary alicyclic amines) is 1. The molecule has 3 aliphatic rings. The highest BCUT2D eigenvalue weighted by Gasteiger charge is 2.36. The standard InChI is InChI=1S/C25H27N5O3/c31-23(13-16-5-2-1-3-6-16)29-11-4-7-21(29)20-14-22-26-19-10-12-28(24(32)17-8-9-17)15-18(19)25(33)30(22)27-20/h1-3,5-6,14,17,21,27H,4,7-13,15H2/t21-/m0/s1. The molecule has 2 aromatic heterocycles. The van der Waals surface area contributed by atoms with Crippen molar-refractivity contribution in [2.24, 2.45) is 5.92 Å². The van der Waals surface area contributed by atoms with Gasteiger partial charge in [-0.1, -0.05) is 30.3 Å². The Morgan fingerprint density at radius 2 is 1.91 bits per heavy atom. The number of fused-ring (bicyclic) bond motifs is 2. The van der Waals surface area contributed by atoms with Crippen LogP contribution in [0.3, 0.4) is 0 Å². The Hall–Kier alpha value is -3.42. The van der Waals surface area contributed by atoms with E-state index in [0.29, 0.717) is 43.7 Å². The topological polar surface area (TPSA) is 90.8 Å². The summed E-state index contributed by atoms with van der Waals surface area (Å²) in [7, 11) is 0. The van der Waals surface area contributed by atoms with E-state index in [0.717, 1.165) is 42.6 Å². The fourth-order valence-electron chi connectivity index (χ4n) is 5.21. The maximum absolute atomic E-state index is 13.3. The van der Waals surface area contributed by atoms with Crippen LogP contribution in [0, 0.1) is 5.92 Å². The number of nitrogens with one attached hydrogen (secondary N) is 1. The fraction of sp³-hybridized carbons (Fsp3) is 0.440. The molecule has 1 saturated carbocycles. The molecular formula is C25H27N5O3. The van der Waals surface area contributed by atoms with Crippen molar-refractivity contribution in [3.8, 4) is 0 Å². The summed E-state index contributed by atoms with van der Waals surface area (Å²) in [5.41, 5.74) is 3.67. The van der Waals surface area contributed by atoms with Gasteiger partial charge in [-0.2, -0.15) is 0 Å². The average Bonchev–Trinajstić information content (AvgIpc) is 3.40. The summed E-state index contributed by atoms with van der Waals surface area (Å²) in [6, 6.07) is 11.6. The lowest BCUT2D eigenvalue weighted by Gasteiger charge is -2.27. The van der Waals surface area contributed by atoms with Crippen LogP contribution in [0.25, 0.3) is 5.65 Å². The number of H-pyrrole nitrogens is 1. The zero-order chi connectivity index (χ0) is 22.5. The Morgan fingerprint density at radius 3 is 2.70 bits per heavy atom. The van der Waals surface area contributed by atoms with E-state index in [9.17, 15) is 14.4 Å². The second kappa shape index (κ2) is 7.86. The quantitative estimate of drug-likeness (QED) is 0.667. The first-order valence-electron chi connectivity index (χ1n) is 11.8. The Labute approximate surface area is 191 Å². The van der Waals surface area contributed by atoms with Gasteiger partial charge in [0.05, 0.1) is 36.0 Å². The van der Waals surface area contributed by atoms with E-state index >= 15 is 0 Å². The maximum atomic E-state index is 13.3. The van der Waals surface area contributed by atoms with Crippen molar-refractivity contribution in [1.29, 1.82) is 0 Å². The summed E-state index contributed by atoms with van der Waals surface area (Å²) in [6.07, 6.45) is 4.67. The van der Waals surface area contributed by atoms with Crippen molar-refractivity contribution < 1.29 is 9.59 Å². The molecule has 33 heavy (non-hydrogen) atoms. The maximum Gasteiger partial charge on any atom is 0.277 e. The second-order valence-electron chi connectivity index (χ2n) is 9.44. The molecular weight excluding hydrogens is 418 g/mol. The van der Waals surface area contributed by atoms with Gasteiger partial charge in [0.15, 0.2) is 5.65 Å². The molecule has 1 aromatic carbocycles. The SMILES string of the molecule is O=C(C1CC1)N1CCc2nc3cc([C@@H]4CCCN4C(=O)Cc4ccccc4)[nH]n3c(=O)c2C1. The van der Waals surface area contributed by atoms with E-state index in [1.807, 2.05) is 41.3 Å². The zero-order valence-electron chi connectivity index (χ0n) is 18.5. The molecule has 2 fully saturated rings. The summed E-state index contributed by atoms with van der Waals surface area (Å²) in [6.45, 7) is 1.66. The molecule has 1 N–H and O–H groups in total. The highest BCUT2D eigenvalue weighted by atomic mass is 16.2. The molecule has 0 spiro atoms. The van der Waals surface area contributed by atoms with E-state index in [1.54, 1.807) is 4.90 Å². The van der Waals surface area contributed by atoms with Gasteiger partial charge < -0.3 is 9.80 Å². The van der Waals surface area contributed by atoms with E-state index in [2.05, 4.69) is 5.10 Å². The molecule has 0 unspecified atom stereocenters. The van der Waals surface area contributed by atoms with Gasteiger partial charge in [-0.3, -0.25) is 19.5 Å². The van der Waals surface area contributed by atoms with Crippen LogP contribution in [0.4, 0.5) is 0 Å². The van der Waals surface area contributed by atoms with Crippen molar-refractivity contribution >= 4 is 17.5 Å². The number of nitrogens with zero attached hydrogens (tertiary/aromatic N) is 4. The highest BCUT2D eigenvalue weighted by molar-refractivity contribution is 5.81. The number of hydrogen-bond donors (Lipinski definition) is 1. The van der Waals surface area contributed by atoms with Gasteiger partial charge in [0.25, 0.3) is 5.56 Å². The van der Waals surface area contributed by atoms with Gasteiger partial charge in [0.1, 0.15) is 0 Å². The van der Waals surface area contributed by atoms with Crippen LogP contribution in [-0.2, 0) is 29.0 Å². The molecule has 0 radical (unpaired) electrons. The van der Waals surface area contributed by atoms with Crippen LogP contribution in [-0.4, -0.2) is 49.3 Å². The number of carbonyl (C=O) groups is 2. The smallest absolute Gasteiger partial charge is 0.277 e.